The lowest BCUT2D eigenvalue weighted by Gasteiger charge is -2.23. The Balaban J connectivity index is 2.18. The second-order valence-electron chi connectivity index (χ2n) is 4.33. The molecule has 1 fully saturated rings. The first-order chi connectivity index (χ1) is 8.41. The first kappa shape index (κ1) is 12.9. The van der Waals surface area contributed by atoms with E-state index in [4.69, 9.17) is 0 Å². The van der Waals surface area contributed by atoms with E-state index in [9.17, 15) is 17.6 Å². The summed E-state index contributed by atoms with van der Waals surface area (Å²) in [7, 11) is -1.57. The molecule has 2 heterocycles. The molecule has 1 aromatic heterocycles. The molecule has 5 nitrogen and oxygen atoms in total. The van der Waals surface area contributed by atoms with E-state index < -0.39 is 21.6 Å². The zero-order valence-electron chi connectivity index (χ0n) is 9.84. The lowest BCUT2D eigenvalue weighted by Crippen LogP contribution is -2.38. The van der Waals surface area contributed by atoms with Crippen molar-refractivity contribution in [2.45, 2.75) is 12.5 Å². The van der Waals surface area contributed by atoms with Crippen LogP contribution in [0.15, 0.2) is 18.5 Å². The molecular weight excluding hydrogens is 259 g/mol. The van der Waals surface area contributed by atoms with Crippen LogP contribution in [0, 0.1) is 5.82 Å². The normalized spacial score (nSPS) is 21.8. The minimum atomic E-state index is -3.07. The van der Waals surface area contributed by atoms with Gasteiger partial charge in [-0.2, -0.15) is 0 Å². The molecule has 98 valence electrons. The summed E-state index contributed by atoms with van der Waals surface area (Å²) in [6, 6.07) is 0.910. The van der Waals surface area contributed by atoms with Crippen molar-refractivity contribution in [3.05, 3.63) is 29.8 Å². The molecule has 0 radical (unpaired) electrons. The van der Waals surface area contributed by atoms with Crippen LogP contribution >= 0.6 is 0 Å². The molecule has 1 aliphatic rings. The molecule has 0 aliphatic carbocycles. The molecular formula is C11H13FN2O3S. The Kier molecular flexibility index (Phi) is 3.34. The third-order valence-corrected chi connectivity index (χ3v) is 4.83. The minimum Gasteiger partial charge on any atom is -0.338 e. The van der Waals surface area contributed by atoms with E-state index in [1.54, 1.807) is 0 Å². The van der Waals surface area contributed by atoms with Gasteiger partial charge < -0.3 is 4.90 Å². The molecule has 0 saturated carbocycles. The molecule has 1 atom stereocenters. The van der Waals surface area contributed by atoms with Crippen molar-refractivity contribution in [1.29, 1.82) is 0 Å². The van der Waals surface area contributed by atoms with Crippen LogP contribution in [0.5, 0.6) is 0 Å². The van der Waals surface area contributed by atoms with E-state index >= 15 is 0 Å². The number of pyridine rings is 1. The summed E-state index contributed by atoms with van der Waals surface area (Å²) >= 11 is 0. The van der Waals surface area contributed by atoms with Crippen LogP contribution < -0.4 is 0 Å². The first-order valence-electron chi connectivity index (χ1n) is 5.48. The molecule has 2 rings (SSSR count). The summed E-state index contributed by atoms with van der Waals surface area (Å²) in [6.45, 7) is 0. The number of hydrogen-bond donors (Lipinski definition) is 0. The highest BCUT2D eigenvalue weighted by Gasteiger charge is 2.33. The van der Waals surface area contributed by atoms with Gasteiger partial charge in [0.25, 0.3) is 5.91 Å². The Labute approximate surface area is 105 Å². The van der Waals surface area contributed by atoms with E-state index in [1.807, 2.05) is 0 Å². The van der Waals surface area contributed by atoms with Gasteiger partial charge in [-0.25, -0.2) is 12.8 Å². The van der Waals surface area contributed by atoms with Gasteiger partial charge in [0.2, 0.25) is 0 Å². The molecule has 18 heavy (non-hydrogen) atoms. The smallest absolute Gasteiger partial charge is 0.256 e. The predicted molar refractivity (Wildman–Crippen MR) is 63.3 cm³/mol. The third-order valence-electron chi connectivity index (χ3n) is 3.08. The topological polar surface area (TPSA) is 67.3 Å². The maximum absolute atomic E-state index is 13.4. The zero-order valence-corrected chi connectivity index (χ0v) is 10.7. The number of sulfone groups is 1. The Bertz CT molecular complexity index is 573. The monoisotopic (exact) mass is 272 g/mol. The number of halogens is 1. The van der Waals surface area contributed by atoms with E-state index in [0.29, 0.717) is 6.42 Å². The first-order valence-corrected chi connectivity index (χ1v) is 7.30. The highest BCUT2D eigenvalue weighted by molar-refractivity contribution is 7.91. The van der Waals surface area contributed by atoms with Crippen molar-refractivity contribution in [2.24, 2.45) is 0 Å². The molecule has 0 aromatic carbocycles. The van der Waals surface area contributed by atoms with Gasteiger partial charge in [0.05, 0.1) is 23.3 Å². The van der Waals surface area contributed by atoms with Gasteiger partial charge in [0, 0.05) is 19.3 Å². The van der Waals surface area contributed by atoms with Crippen LogP contribution in [0.2, 0.25) is 0 Å². The number of hydrogen-bond acceptors (Lipinski definition) is 4. The second kappa shape index (κ2) is 4.64. The van der Waals surface area contributed by atoms with Gasteiger partial charge in [0.1, 0.15) is 0 Å². The molecule has 0 spiro atoms. The van der Waals surface area contributed by atoms with Crippen LogP contribution in [-0.4, -0.2) is 48.8 Å². The molecule has 1 aliphatic heterocycles. The zero-order chi connectivity index (χ0) is 13.3. The summed E-state index contributed by atoms with van der Waals surface area (Å²) in [5.74, 6) is -1.19. The maximum Gasteiger partial charge on any atom is 0.256 e. The van der Waals surface area contributed by atoms with Crippen molar-refractivity contribution in [3.8, 4) is 0 Å². The van der Waals surface area contributed by atoms with Gasteiger partial charge in [-0.05, 0) is 12.5 Å². The fourth-order valence-corrected chi connectivity index (χ4v) is 3.76. The Hall–Kier alpha value is -1.50. The summed E-state index contributed by atoms with van der Waals surface area (Å²) in [4.78, 5) is 16.9. The molecule has 1 amide bonds. The van der Waals surface area contributed by atoms with E-state index in [2.05, 4.69) is 4.98 Å². The standard InChI is InChI=1S/C11H13FN2O3S/c1-14(8-3-5-18(16,17)7-8)11(15)9-2-4-13-6-10(9)12/h2,4,6,8H,3,5,7H2,1H3. The number of carbonyl (C=O) groups is 1. The SMILES string of the molecule is CN(C(=O)c1ccncc1F)C1CCS(=O)(=O)C1. The average molecular weight is 272 g/mol. The van der Waals surface area contributed by atoms with E-state index in [-0.39, 0.29) is 23.1 Å². The Morgan fingerprint density at radius 2 is 2.28 bits per heavy atom. The average Bonchev–Trinajstić information content (AvgIpc) is 2.68. The van der Waals surface area contributed by atoms with Crippen molar-refractivity contribution in [2.75, 3.05) is 18.6 Å². The van der Waals surface area contributed by atoms with Crippen LogP contribution in [0.1, 0.15) is 16.8 Å². The van der Waals surface area contributed by atoms with Crippen molar-refractivity contribution < 1.29 is 17.6 Å². The highest BCUT2D eigenvalue weighted by Crippen LogP contribution is 2.19. The van der Waals surface area contributed by atoms with Gasteiger partial charge in [-0.1, -0.05) is 0 Å². The summed E-state index contributed by atoms with van der Waals surface area (Å²) in [5.41, 5.74) is -0.0863. The van der Waals surface area contributed by atoms with Gasteiger partial charge in [-0.3, -0.25) is 9.78 Å². The molecule has 7 heteroatoms. The number of carbonyl (C=O) groups excluding carboxylic acids is 1. The lowest BCUT2D eigenvalue weighted by atomic mass is 10.2. The number of rotatable bonds is 2. The van der Waals surface area contributed by atoms with Crippen molar-refractivity contribution >= 4 is 15.7 Å². The minimum absolute atomic E-state index is 0.0536. The Morgan fingerprint density at radius 1 is 1.56 bits per heavy atom. The van der Waals surface area contributed by atoms with E-state index in [1.165, 1.54) is 24.2 Å². The summed E-state index contributed by atoms with van der Waals surface area (Å²) < 4.78 is 36.1. The van der Waals surface area contributed by atoms with Crippen LogP contribution in [0.25, 0.3) is 0 Å². The number of nitrogens with zero attached hydrogens (tertiary/aromatic N) is 2. The lowest BCUT2D eigenvalue weighted by molar-refractivity contribution is 0.0743. The summed E-state index contributed by atoms with van der Waals surface area (Å²) in [5, 5.41) is 0. The quantitative estimate of drug-likeness (QED) is 0.785. The maximum atomic E-state index is 13.4. The number of aromatic nitrogens is 1. The highest BCUT2D eigenvalue weighted by atomic mass is 32.2. The molecule has 1 aromatic rings. The van der Waals surface area contributed by atoms with Crippen LogP contribution in [0.4, 0.5) is 4.39 Å². The molecule has 1 saturated heterocycles. The van der Waals surface area contributed by atoms with Crippen LogP contribution in [-0.2, 0) is 9.84 Å². The van der Waals surface area contributed by atoms with Gasteiger partial charge in [0.15, 0.2) is 15.7 Å². The van der Waals surface area contributed by atoms with Crippen LogP contribution in [0.3, 0.4) is 0 Å². The second-order valence-corrected chi connectivity index (χ2v) is 6.56. The Morgan fingerprint density at radius 3 is 2.83 bits per heavy atom. The van der Waals surface area contributed by atoms with Gasteiger partial charge >= 0.3 is 0 Å². The third kappa shape index (κ3) is 2.50. The predicted octanol–water partition coefficient (Wildman–Crippen LogP) is 0.480. The van der Waals surface area contributed by atoms with E-state index in [0.717, 1.165) is 6.20 Å². The molecule has 0 bridgehead atoms. The number of amides is 1. The van der Waals surface area contributed by atoms with Crippen molar-refractivity contribution in [3.63, 3.8) is 0 Å². The molecule has 0 N–H and O–H groups in total. The summed E-state index contributed by atoms with van der Waals surface area (Å²) in [6.07, 6.45) is 2.69. The van der Waals surface area contributed by atoms with Gasteiger partial charge in [-0.15, -0.1) is 0 Å². The largest absolute Gasteiger partial charge is 0.338 e. The molecule has 1 unspecified atom stereocenters. The fraction of sp³-hybridized carbons (Fsp3) is 0.455. The van der Waals surface area contributed by atoms with Crippen molar-refractivity contribution in [1.82, 2.24) is 9.88 Å². The fourth-order valence-electron chi connectivity index (χ4n) is 1.99.